The molecule has 3 rings (SSSR count). The van der Waals surface area contributed by atoms with Crippen molar-refractivity contribution in [3.05, 3.63) is 59.7 Å². The van der Waals surface area contributed by atoms with Gasteiger partial charge in [-0.15, -0.1) is 0 Å². The number of anilines is 1. The number of benzene rings is 2. The number of carbonyl (C=O) groups is 2. The third-order valence-corrected chi connectivity index (χ3v) is 4.18. The number of hydrogen-bond donors (Lipinski definition) is 2. The second-order valence-corrected chi connectivity index (χ2v) is 6.26. The van der Waals surface area contributed by atoms with Crippen molar-refractivity contribution in [2.24, 2.45) is 0 Å². The van der Waals surface area contributed by atoms with Gasteiger partial charge in [0, 0.05) is 23.7 Å². The predicted octanol–water partition coefficient (Wildman–Crippen LogP) is 3.25. The predicted molar refractivity (Wildman–Crippen MR) is 104 cm³/mol. The van der Waals surface area contributed by atoms with E-state index in [9.17, 15) is 9.59 Å². The van der Waals surface area contributed by atoms with Gasteiger partial charge >= 0.3 is 0 Å². The summed E-state index contributed by atoms with van der Waals surface area (Å²) in [5.41, 5.74) is 1.97. The maximum Gasteiger partial charge on any atom is 0.251 e. The summed E-state index contributed by atoms with van der Waals surface area (Å²) in [6.07, 6.45) is 5.22. The van der Waals surface area contributed by atoms with Gasteiger partial charge < -0.3 is 20.1 Å². The van der Waals surface area contributed by atoms with Crippen molar-refractivity contribution in [3.8, 4) is 11.5 Å². The van der Waals surface area contributed by atoms with Crippen molar-refractivity contribution in [2.45, 2.75) is 18.9 Å². The first-order chi connectivity index (χ1) is 13.1. The van der Waals surface area contributed by atoms with Crippen molar-refractivity contribution in [1.29, 1.82) is 0 Å². The zero-order valence-electron chi connectivity index (χ0n) is 15.3. The fourth-order valence-corrected chi connectivity index (χ4v) is 2.50. The molecule has 2 aromatic rings. The average Bonchev–Trinajstić information content (AvgIpc) is 3.50. The Morgan fingerprint density at radius 3 is 2.41 bits per heavy atom. The van der Waals surface area contributed by atoms with Gasteiger partial charge in [0.25, 0.3) is 5.91 Å². The van der Waals surface area contributed by atoms with Crippen LogP contribution in [0.15, 0.2) is 48.5 Å². The first-order valence-electron chi connectivity index (χ1n) is 8.71. The van der Waals surface area contributed by atoms with Crippen molar-refractivity contribution >= 4 is 23.6 Å². The molecule has 2 aromatic carbocycles. The van der Waals surface area contributed by atoms with E-state index in [0.29, 0.717) is 28.8 Å². The summed E-state index contributed by atoms with van der Waals surface area (Å²) in [5, 5.41) is 5.71. The molecule has 0 atom stereocenters. The summed E-state index contributed by atoms with van der Waals surface area (Å²) in [6.45, 7) is 0. The minimum absolute atomic E-state index is 0.0594. The highest BCUT2D eigenvalue weighted by molar-refractivity contribution is 6.03. The van der Waals surface area contributed by atoms with E-state index in [0.717, 1.165) is 18.4 Å². The summed E-state index contributed by atoms with van der Waals surface area (Å²) < 4.78 is 10.4. The van der Waals surface area contributed by atoms with E-state index in [1.54, 1.807) is 55.7 Å². The third-order valence-electron chi connectivity index (χ3n) is 4.18. The molecule has 0 bridgehead atoms. The Morgan fingerprint density at radius 1 is 1.04 bits per heavy atom. The molecule has 0 aromatic heterocycles. The standard InChI is InChI=1S/C21H22N2O4/c1-26-17-10-11-19(27-2)18(13-17)23-20(24)12-5-14-3-6-15(7-4-14)21(25)22-16-8-9-16/h3-7,10-13,16H,8-9H2,1-2H3,(H,22,25)(H,23,24)/b12-5+. The number of ether oxygens (including phenoxy) is 2. The lowest BCUT2D eigenvalue weighted by molar-refractivity contribution is -0.111. The first-order valence-corrected chi connectivity index (χ1v) is 8.71. The quantitative estimate of drug-likeness (QED) is 0.738. The monoisotopic (exact) mass is 366 g/mol. The molecular formula is C21H22N2O4. The summed E-state index contributed by atoms with van der Waals surface area (Å²) in [4.78, 5) is 24.2. The van der Waals surface area contributed by atoms with Gasteiger partial charge in [-0.05, 0) is 48.7 Å². The van der Waals surface area contributed by atoms with Crippen molar-refractivity contribution in [2.75, 3.05) is 19.5 Å². The molecule has 0 saturated heterocycles. The van der Waals surface area contributed by atoms with E-state index < -0.39 is 0 Å². The topological polar surface area (TPSA) is 76.7 Å². The van der Waals surface area contributed by atoms with Gasteiger partial charge in [0.1, 0.15) is 11.5 Å². The Kier molecular flexibility index (Phi) is 5.76. The Balaban J connectivity index is 1.62. The molecule has 1 aliphatic rings. The largest absolute Gasteiger partial charge is 0.497 e. The highest BCUT2D eigenvalue weighted by Gasteiger charge is 2.23. The molecule has 1 aliphatic carbocycles. The first kappa shape index (κ1) is 18.5. The minimum Gasteiger partial charge on any atom is -0.497 e. The molecule has 1 saturated carbocycles. The van der Waals surface area contributed by atoms with E-state index in [2.05, 4.69) is 10.6 Å². The van der Waals surface area contributed by atoms with Gasteiger partial charge in [-0.3, -0.25) is 9.59 Å². The molecule has 140 valence electrons. The minimum atomic E-state index is -0.294. The number of carbonyl (C=O) groups excluding carboxylic acids is 2. The van der Waals surface area contributed by atoms with Gasteiger partial charge in [-0.1, -0.05) is 12.1 Å². The van der Waals surface area contributed by atoms with Crippen molar-refractivity contribution < 1.29 is 19.1 Å². The number of hydrogen-bond acceptors (Lipinski definition) is 4. The number of amides is 2. The lowest BCUT2D eigenvalue weighted by Gasteiger charge is -2.10. The lowest BCUT2D eigenvalue weighted by atomic mass is 10.1. The third kappa shape index (κ3) is 5.10. The molecule has 0 unspecified atom stereocenters. The molecule has 6 nitrogen and oxygen atoms in total. The normalized spacial score (nSPS) is 13.3. The molecule has 0 radical (unpaired) electrons. The van der Waals surface area contributed by atoms with E-state index in [-0.39, 0.29) is 11.8 Å². The van der Waals surface area contributed by atoms with Crippen LogP contribution in [0.4, 0.5) is 5.69 Å². The van der Waals surface area contributed by atoms with E-state index in [4.69, 9.17) is 9.47 Å². The fraction of sp³-hybridized carbons (Fsp3) is 0.238. The zero-order chi connectivity index (χ0) is 19.2. The highest BCUT2D eigenvalue weighted by Crippen LogP contribution is 2.28. The van der Waals surface area contributed by atoms with E-state index in [1.165, 1.54) is 13.2 Å². The molecule has 1 fully saturated rings. The van der Waals surface area contributed by atoms with Crippen LogP contribution in [0.1, 0.15) is 28.8 Å². The van der Waals surface area contributed by atoms with Gasteiger partial charge in [-0.2, -0.15) is 0 Å². The van der Waals surface area contributed by atoms with Gasteiger partial charge in [0.05, 0.1) is 19.9 Å². The van der Waals surface area contributed by atoms with E-state index >= 15 is 0 Å². The Morgan fingerprint density at radius 2 is 1.78 bits per heavy atom. The molecule has 6 heteroatoms. The number of rotatable bonds is 7. The van der Waals surface area contributed by atoms with Gasteiger partial charge in [0.15, 0.2) is 0 Å². The fourth-order valence-electron chi connectivity index (χ4n) is 2.50. The molecule has 0 aliphatic heterocycles. The van der Waals surface area contributed by atoms with Gasteiger partial charge in [-0.25, -0.2) is 0 Å². The van der Waals surface area contributed by atoms with Crippen LogP contribution in [0.5, 0.6) is 11.5 Å². The molecule has 27 heavy (non-hydrogen) atoms. The second kappa shape index (κ2) is 8.40. The van der Waals surface area contributed by atoms with Crippen molar-refractivity contribution in [3.63, 3.8) is 0 Å². The number of methoxy groups -OCH3 is 2. The smallest absolute Gasteiger partial charge is 0.251 e. The van der Waals surface area contributed by atoms with Gasteiger partial charge in [0.2, 0.25) is 5.91 Å². The van der Waals surface area contributed by atoms with Crippen LogP contribution >= 0.6 is 0 Å². The van der Waals surface area contributed by atoms with Crippen LogP contribution in [0.2, 0.25) is 0 Å². The van der Waals surface area contributed by atoms with Crippen LogP contribution in [-0.2, 0) is 4.79 Å². The van der Waals surface area contributed by atoms with E-state index in [1.807, 2.05) is 0 Å². The lowest BCUT2D eigenvalue weighted by Crippen LogP contribution is -2.25. The van der Waals surface area contributed by atoms with Crippen LogP contribution in [-0.4, -0.2) is 32.1 Å². The Labute approximate surface area is 158 Å². The molecule has 0 heterocycles. The Bertz CT molecular complexity index is 855. The molecular weight excluding hydrogens is 344 g/mol. The SMILES string of the molecule is COc1ccc(OC)c(NC(=O)/C=C/c2ccc(C(=O)NC3CC3)cc2)c1. The zero-order valence-corrected chi connectivity index (χ0v) is 15.3. The van der Waals surface area contributed by atoms with Crippen molar-refractivity contribution in [1.82, 2.24) is 5.32 Å². The van der Waals surface area contributed by atoms with Crippen LogP contribution in [0.25, 0.3) is 6.08 Å². The molecule has 2 N–H and O–H groups in total. The molecule has 0 spiro atoms. The summed E-state index contributed by atoms with van der Waals surface area (Å²) in [5.74, 6) is 0.812. The van der Waals surface area contributed by atoms with Crippen LogP contribution < -0.4 is 20.1 Å². The maximum atomic E-state index is 12.2. The highest BCUT2D eigenvalue weighted by atomic mass is 16.5. The summed E-state index contributed by atoms with van der Waals surface area (Å²) >= 11 is 0. The summed E-state index contributed by atoms with van der Waals surface area (Å²) in [6, 6.07) is 12.6. The van der Waals surface area contributed by atoms with Crippen LogP contribution in [0, 0.1) is 0 Å². The molecule has 2 amide bonds. The average molecular weight is 366 g/mol. The number of nitrogens with one attached hydrogen (secondary N) is 2. The second-order valence-electron chi connectivity index (χ2n) is 6.26. The Hall–Kier alpha value is -3.28. The van der Waals surface area contributed by atoms with Crippen LogP contribution in [0.3, 0.4) is 0 Å². The summed E-state index contributed by atoms with van der Waals surface area (Å²) in [7, 11) is 3.09. The maximum absolute atomic E-state index is 12.2.